The topological polar surface area (TPSA) is 98.3 Å². The predicted octanol–water partition coefficient (Wildman–Crippen LogP) is 3.67. The van der Waals surface area contributed by atoms with Crippen LogP contribution in [0.5, 0.6) is 11.5 Å². The van der Waals surface area contributed by atoms with Gasteiger partial charge >= 0.3 is 0 Å². The van der Waals surface area contributed by atoms with Crippen molar-refractivity contribution in [2.75, 3.05) is 23.8 Å². The Kier molecular flexibility index (Phi) is 4.94. The van der Waals surface area contributed by atoms with E-state index in [0.29, 0.717) is 52.9 Å². The molecular weight excluding hydrogens is 382 g/mol. The minimum Gasteiger partial charge on any atom is -0.486 e. The molecule has 1 aromatic carbocycles. The largest absolute Gasteiger partial charge is 0.486 e. The van der Waals surface area contributed by atoms with Gasteiger partial charge in [-0.25, -0.2) is 15.0 Å². The molecule has 1 aliphatic rings. The van der Waals surface area contributed by atoms with Crippen LogP contribution in [0.3, 0.4) is 0 Å². The molecule has 1 aliphatic heterocycles. The van der Waals surface area contributed by atoms with Crippen LogP contribution in [0.4, 0.5) is 17.3 Å². The first kappa shape index (κ1) is 18.0. The average molecular weight is 398 g/mol. The van der Waals surface area contributed by atoms with E-state index in [1.807, 2.05) is 6.07 Å². The fourth-order valence-electron chi connectivity index (χ4n) is 2.74. The van der Waals surface area contributed by atoms with Gasteiger partial charge < -0.3 is 20.1 Å². The lowest BCUT2D eigenvalue weighted by Crippen LogP contribution is -2.18. The third-order valence-electron chi connectivity index (χ3n) is 3.89. The van der Waals surface area contributed by atoms with Gasteiger partial charge in [0, 0.05) is 18.7 Å². The number of amides is 1. The van der Waals surface area contributed by atoms with Gasteiger partial charge in [-0.3, -0.25) is 4.79 Å². The second kappa shape index (κ2) is 7.69. The van der Waals surface area contributed by atoms with Crippen LogP contribution in [0.25, 0.3) is 11.3 Å². The summed E-state index contributed by atoms with van der Waals surface area (Å²) in [7, 11) is 0. The molecule has 28 heavy (non-hydrogen) atoms. The zero-order valence-electron chi connectivity index (χ0n) is 14.9. The van der Waals surface area contributed by atoms with E-state index in [1.165, 1.54) is 6.92 Å². The molecule has 0 saturated carbocycles. The van der Waals surface area contributed by atoms with E-state index < -0.39 is 0 Å². The molecule has 0 atom stereocenters. The average Bonchev–Trinajstić information content (AvgIpc) is 2.69. The summed E-state index contributed by atoms with van der Waals surface area (Å²) in [6.07, 6.45) is 3.24. The highest BCUT2D eigenvalue weighted by Gasteiger charge is 2.19. The minimum absolute atomic E-state index is 0.200. The minimum atomic E-state index is -0.200. The molecule has 0 unspecified atom stereocenters. The Bertz CT molecular complexity index is 1030. The van der Waals surface area contributed by atoms with Crippen LogP contribution >= 0.6 is 11.6 Å². The fraction of sp³-hybridized carbons (Fsp3) is 0.158. The molecule has 3 heterocycles. The van der Waals surface area contributed by atoms with E-state index in [-0.39, 0.29) is 5.91 Å². The molecule has 0 bridgehead atoms. The Morgan fingerprint density at radius 2 is 2.00 bits per heavy atom. The summed E-state index contributed by atoms with van der Waals surface area (Å²) in [6.45, 7) is 2.31. The number of benzene rings is 1. The smallest absolute Gasteiger partial charge is 0.227 e. The van der Waals surface area contributed by atoms with E-state index in [9.17, 15) is 4.79 Å². The third-order valence-corrected chi connectivity index (χ3v) is 4.11. The van der Waals surface area contributed by atoms with Crippen molar-refractivity contribution in [3.63, 3.8) is 0 Å². The second-order valence-corrected chi connectivity index (χ2v) is 6.38. The monoisotopic (exact) mass is 397 g/mol. The van der Waals surface area contributed by atoms with Gasteiger partial charge in [0.2, 0.25) is 11.9 Å². The van der Waals surface area contributed by atoms with E-state index in [2.05, 4.69) is 25.6 Å². The molecule has 1 amide bonds. The highest BCUT2D eigenvalue weighted by molar-refractivity contribution is 6.29. The molecule has 0 aliphatic carbocycles. The molecule has 8 nitrogen and oxygen atoms in total. The van der Waals surface area contributed by atoms with Crippen molar-refractivity contribution in [3.8, 4) is 22.8 Å². The number of rotatable bonds is 4. The Balaban J connectivity index is 1.68. The van der Waals surface area contributed by atoms with E-state index >= 15 is 0 Å². The van der Waals surface area contributed by atoms with Gasteiger partial charge in [0.15, 0.2) is 11.5 Å². The van der Waals surface area contributed by atoms with Gasteiger partial charge in [0.05, 0.1) is 23.3 Å². The number of hydrogen-bond donors (Lipinski definition) is 2. The SMILES string of the molecule is CC(=O)Nc1cc(-c2ccnc(Nc3ccc(Cl)nc3)n2)cc2c1OCCO2. The van der Waals surface area contributed by atoms with Crippen LogP contribution in [0.15, 0.2) is 42.7 Å². The summed E-state index contributed by atoms with van der Waals surface area (Å²) in [5.41, 5.74) is 2.66. The highest BCUT2D eigenvalue weighted by atomic mass is 35.5. The van der Waals surface area contributed by atoms with Gasteiger partial charge in [-0.2, -0.15) is 0 Å². The van der Waals surface area contributed by atoms with Crippen molar-refractivity contribution in [1.29, 1.82) is 0 Å². The first-order valence-electron chi connectivity index (χ1n) is 8.52. The number of nitrogens with zero attached hydrogens (tertiary/aromatic N) is 3. The number of nitrogens with one attached hydrogen (secondary N) is 2. The Labute approximate surface area is 165 Å². The molecule has 3 aromatic rings. The molecule has 0 spiro atoms. The number of fused-ring (bicyclic) bond motifs is 1. The van der Waals surface area contributed by atoms with Crippen LogP contribution in [-0.2, 0) is 4.79 Å². The first-order valence-corrected chi connectivity index (χ1v) is 8.89. The zero-order chi connectivity index (χ0) is 19.5. The number of aromatic nitrogens is 3. The second-order valence-electron chi connectivity index (χ2n) is 5.99. The summed E-state index contributed by atoms with van der Waals surface area (Å²) in [4.78, 5) is 24.4. The zero-order valence-corrected chi connectivity index (χ0v) is 15.7. The van der Waals surface area contributed by atoms with Crippen LogP contribution in [-0.4, -0.2) is 34.1 Å². The van der Waals surface area contributed by atoms with Crippen LogP contribution in [0, 0.1) is 0 Å². The number of pyridine rings is 1. The Hall–Kier alpha value is -3.39. The van der Waals surface area contributed by atoms with E-state index in [4.69, 9.17) is 21.1 Å². The maximum absolute atomic E-state index is 11.6. The van der Waals surface area contributed by atoms with E-state index in [0.717, 1.165) is 5.56 Å². The Morgan fingerprint density at radius 3 is 2.79 bits per heavy atom. The summed E-state index contributed by atoms with van der Waals surface area (Å²) in [5, 5.41) is 6.27. The van der Waals surface area contributed by atoms with Gasteiger partial charge in [-0.05, 0) is 30.3 Å². The lowest BCUT2D eigenvalue weighted by Gasteiger charge is -2.22. The molecule has 2 N–H and O–H groups in total. The number of carbonyl (C=O) groups excluding carboxylic acids is 1. The lowest BCUT2D eigenvalue weighted by atomic mass is 10.1. The maximum Gasteiger partial charge on any atom is 0.227 e. The van der Waals surface area contributed by atoms with E-state index in [1.54, 1.807) is 36.7 Å². The van der Waals surface area contributed by atoms with Crippen molar-refractivity contribution in [3.05, 3.63) is 47.9 Å². The Morgan fingerprint density at radius 1 is 1.14 bits per heavy atom. The highest BCUT2D eigenvalue weighted by Crippen LogP contribution is 2.41. The molecule has 4 rings (SSSR count). The summed E-state index contributed by atoms with van der Waals surface area (Å²) in [5.74, 6) is 1.28. The van der Waals surface area contributed by atoms with Crippen LogP contribution < -0.4 is 20.1 Å². The van der Waals surface area contributed by atoms with Crippen molar-refractivity contribution in [2.45, 2.75) is 6.92 Å². The van der Waals surface area contributed by atoms with Crippen molar-refractivity contribution < 1.29 is 14.3 Å². The standard InChI is InChI=1S/C19H16ClN5O3/c1-11(26)23-15-8-12(9-16-18(15)28-7-6-27-16)14-4-5-21-19(25-14)24-13-2-3-17(20)22-10-13/h2-5,8-10H,6-7H2,1H3,(H,23,26)(H,21,24,25). The van der Waals surface area contributed by atoms with Crippen molar-refractivity contribution >= 4 is 34.8 Å². The quantitative estimate of drug-likeness (QED) is 0.648. The summed E-state index contributed by atoms with van der Waals surface area (Å²) >= 11 is 5.81. The molecule has 0 saturated heterocycles. The number of anilines is 3. The first-order chi connectivity index (χ1) is 13.6. The van der Waals surface area contributed by atoms with Crippen LogP contribution in [0.1, 0.15) is 6.92 Å². The molecular formula is C19H16ClN5O3. The van der Waals surface area contributed by atoms with Gasteiger partial charge in [-0.15, -0.1) is 0 Å². The predicted molar refractivity (Wildman–Crippen MR) is 105 cm³/mol. The van der Waals surface area contributed by atoms with Gasteiger partial charge in [0.25, 0.3) is 0 Å². The summed E-state index contributed by atoms with van der Waals surface area (Å²) < 4.78 is 11.3. The van der Waals surface area contributed by atoms with Crippen LogP contribution in [0.2, 0.25) is 5.15 Å². The normalized spacial score (nSPS) is 12.4. The molecule has 142 valence electrons. The molecule has 9 heteroatoms. The van der Waals surface area contributed by atoms with Gasteiger partial charge in [0.1, 0.15) is 18.4 Å². The molecule has 2 aromatic heterocycles. The van der Waals surface area contributed by atoms with Crippen molar-refractivity contribution in [1.82, 2.24) is 15.0 Å². The lowest BCUT2D eigenvalue weighted by molar-refractivity contribution is -0.114. The number of carbonyl (C=O) groups is 1. The molecule has 0 radical (unpaired) electrons. The maximum atomic E-state index is 11.6. The number of halogens is 1. The van der Waals surface area contributed by atoms with Gasteiger partial charge in [-0.1, -0.05) is 11.6 Å². The number of hydrogen-bond acceptors (Lipinski definition) is 7. The molecule has 0 fully saturated rings. The fourth-order valence-corrected chi connectivity index (χ4v) is 2.85. The third kappa shape index (κ3) is 3.96. The number of ether oxygens (including phenoxy) is 2. The summed E-state index contributed by atoms with van der Waals surface area (Å²) in [6, 6.07) is 8.85. The van der Waals surface area contributed by atoms with Crippen molar-refractivity contribution in [2.24, 2.45) is 0 Å².